The molecule has 2 N–H and O–H groups in total. The van der Waals surface area contributed by atoms with E-state index in [-0.39, 0.29) is 11.6 Å². The van der Waals surface area contributed by atoms with E-state index in [1.807, 2.05) is 0 Å². The maximum absolute atomic E-state index is 11.2. The molecule has 2 amide bonds. The minimum Gasteiger partial charge on any atom is -0.359 e. The normalized spacial score (nSPS) is 9.43. The van der Waals surface area contributed by atoms with Gasteiger partial charge in [-0.05, 0) is 11.6 Å². The minimum atomic E-state index is -0.336. The first-order valence-electron chi connectivity index (χ1n) is 4.07. The van der Waals surface area contributed by atoms with Gasteiger partial charge in [-0.3, -0.25) is 9.59 Å². The van der Waals surface area contributed by atoms with E-state index in [9.17, 15) is 9.59 Å². The van der Waals surface area contributed by atoms with Crippen LogP contribution < -0.4 is 10.6 Å². The van der Waals surface area contributed by atoms with Gasteiger partial charge >= 0.3 is 0 Å². The van der Waals surface area contributed by atoms with Crippen LogP contribution in [-0.4, -0.2) is 35.7 Å². The third kappa shape index (κ3) is 3.21. The van der Waals surface area contributed by atoms with E-state index < -0.39 is 0 Å². The van der Waals surface area contributed by atoms with E-state index in [2.05, 4.69) is 25.6 Å². The molecule has 0 atom stereocenters. The van der Waals surface area contributed by atoms with Crippen molar-refractivity contribution in [2.45, 2.75) is 6.42 Å². The molecule has 0 aliphatic carbocycles. The highest BCUT2D eigenvalue weighted by Gasteiger charge is 2.07. The molecule has 1 aromatic heterocycles. The highest BCUT2D eigenvalue weighted by atomic mass is 16.6. The topological polar surface area (TPSA) is 97.1 Å². The minimum absolute atomic E-state index is 0.147. The molecule has 76 valence electrons. The monoisotopic (exact) mass is 198 g/mol. The van der Waals surface area contributed by atoms with E-state index >= 15 is 0 Å². The van der Waals surface area contributed by atoms with E-state index in [1.54, 1.807) is 0 Å². The van der Waals surface area contributed by atoms with E-state index in [4.69, 9.17) is 0 Å². The van der Waals surface area contributed by atoms with Crippen LogP contribution in [0.3, 0.4) is 0 Å². The van der Waals surface area contributed by atoms with Crippen molar-refractivity contribution in [2.24, 2.45) is 0 Å². The Kier molecular flexibility index (Phi) is 4.12. The van der Waals surface area contributed by atoms with E-state index in [1.165, 1.54) is 6.20 Å². The van der Waals surface area contributed by atoms with Crippen molar-refractivity contribution in [1.82, 2.24) is 20.9 Å². The van der Waals surface area contributed by atoms with Gasteiger partial charge in [0.2, 0.25) is 6.41 Å². The maximum Gasteiger partial charge on any atom is 0.275 e. The molecule has 0 spiro atoms. The van der Waals surface area contributed by atoms with Crippen LogP contribution >= 0.6 is 0 Å². The molecular weight excluding hydrogens is 188 g/mol. The van der Waals surface area contributed by atoms with Crippen molar-refractivity contribution in [3.8, 4) is 0 Å². The molecule has 1 heterocycles. The highest BCUT2D eigenvalue weighted by Crippen LogP contribution is 1.89. The van der Waals surface area contributed by atoms with Crippen molar-refractivity contribution in [2.75, 3.05) is 13.1 Å². The van der Waals surface area contributed by atoms with Crippen molar-refractivity contribution in [1.29, 1.82) is 0 Å². The molecule has 0 unspecified atom stereocenters. The standard InChI is InChI=1S/C7H10N4O3/c12-5-8-2-1-3-9-7(13)6-4-10-14-11-6/h4-5H,1-3H2,(H,8,12)(H,9,13). The summed E-state index contributed by atoms with van der Waals surface area (Å²) in [5.41, 5.74) is 0.147. The summed E-state index contributed by atoms with van der Waals surface area (Å²) in [5.74, 6) is -0.336. The summed E-state index contributed by atoms with van der Waals surface area (Å²) in [6.45, 7) is 0.993. The molecule has 0 bridgehead atoms. The van der Waals surface area contributed by atoms with E-state index in [0.717, 1.165) is 0 Å². The molecule has 0 fully saturated rings. The summed E-state index contributed by atoms with van der Waals surface area (Å²) in [6.07, 6.45) is 2.51. The maximum atomic E-state index is 11.2. The predicted molar refractivity (Wildman–Crippen MR) is 45.3 cm³/mol. The number of amides is 2. The molecular formula is C7H10N4O3. The second kappa shape index (κ2) is 5.68. The Bertz CT molecular complexity index is 285. The second-order valence-electron chi connectivity index (χ2n) is 2.47. The number of carbonyl (C=O) groups excluding carboxylic acids is 2. The number of aromatic nitrogens is 2. The fraction of sp³-hybridized carbons (Fsp3) is 0.429. The molecule has 1 aromatic rings. The largest absolute Gasteiger partial charge is 0.359 e. The Morgan fingerprint density at radius 1 is 1.57 bits per heavy atom. The number of nitrogens with zero attached hydrogens (tertiary/aromatic N) is 2. The van der Waals surface area contributed by atoms with Gasteiger partial charge in [0.15, 0.2) is 5.69 Å². The molecule has 0 saturated carbocycles. The van der Waals surface area contributed by atoms with Crippen LogP contribution in [0.4, 0.5) is 0 Å². The SMILES string of the molecule is O=CNCCCNC(=O)c1cnon1. The van der Waals surface area contributed by atoms with Gasteiger partial charge < -0.3 is 10.6 Å². The van der Waals surface area contributed by atoms with Gasteiger partial charge in [-0.15, -0.1) is 0 Å². The van der Waals surface area contributed by atoms with Gasteiger partial charge in [0.25, 0.3) is 5.91 Å². The van der Waals surface area contributed by atoms with Gasteiger partial charge in [-0.2, -0.15) is 0 Å². The average molecular weight is 198 g/mol. The van der Waals surface area contributed by atoms with Crippen LogP contribution in [-0.2, 0) is 4.79 Å². The first kappa shape index (κ1) is 10.2. The summed E-state index contributed by atoms with van der Waals surface area (Å²) in [5, 5.41) is 11.7. The summed E-state index contributed by atoms with van der Waals surface area (Å²) in [4.78, 5) is 21.0. The number of hydrogen-bond acceptors (Lipinski definition) is 5. The Morgan fingerprint density at radius 2 is 2.43 bits per heavy atom. The number of hydrogen-bond donors (Lipinski definition) is 2. The molecule has 7 nitrogen and oxygen atoms in total. The Balaban J connectivity index is 2.13. The zero-order valence-corrected chi connectivity index (χ0v) is 7.40. The summed E-state index contributed by atoms with van der Waals surface area (Å²) < 4.78 is 4.26. The lowest BCUT2D eigenvalue weighted by molar-refractivity contribution is -0.109. The van der Waals surface area contributed by atoms with Gasteiger partial charge in [-0.1, -0.05) is 5.16 Å². The lowest BCUT2D eigenvalue weighted by Gasteiger charge is -2.01. The smallest absolute Gasteiger partial charge is 0.275 e. The van der Waals surface area contributed by atoms with Gasteiger partial charge in [0, 0.05) is 13.1 Å². The Hall–Kier alpha value is -1.92. The third-order valence-electron chi connectivity index (χ3n) is 1.46. The van der Waals surface area contributed by atoms with Crippen LogP contribution in [0.15, 0.2) is 10.8 Å². The quantitative estimate of drug-likeness (QED) is 0.448. The first-order chi connectivity index (χ1) is 6.84. The average Bonchev–Trinajstić information content (AvgIpc) is 2.70. The van der Waals surface area contributed by atoms with Crippen LogP contribution in [0.25, 0.3) is 0 Å². The number of rotatable bonds is 6. The van der Waals surface area contributed by atoms with Crippen LogP contribution in [0.2, 0.25) is 0 Å². The number of carbonyl (C=O) groups is 2. The fourth-order valence-electron chi connectivity index (χ4n) is 0.807. The van der Waals surface area contributed by atoms with Gasteiger partial charge in [-0.25, -0.2) is 4.63 Å². The molecule has 0 aliphatic rings. The lowest BCUT2D eigenvalue weighted by Crippen LogP contribution is -2.27. The zero-order chi connectivity index (χ0) is 10.2. The predicted octanol–water partition coefficient (Wildman–Crippen LogP) is -1.06. The third-order valence-corrected chi connectivity index (χ3v) is 1.46. The highest BCUT2D eigenvalue weighted by molar-refractivity contribution is 5.91. The van der Waals surface area contributed by atoms with Gasteiger partial charge in [0.1, 0.15) is 6.20 Å². The van der Waals surface area contributed by atoms with E-state index in [0.29, 0.717) is 25.9 Å². The summed E-state index contributed by atoms with van der Waals surface area (Å²) in [6, 6.07) is 0. The molecule has 0 radical (unpaired) electrons. The summed E-state index contributed by atoms with van der Waals surface area (Å²) >= 11 is 0. The Labute approximate surface area is 79.8 Å². The molecule has 0 aromatic carbocycles. The molecule has 1 rings (SSSR count). The van der Waals surface area contributed by atoms with Crippen LogP contribution in [0.5, 0.6) is 0 Å². The molecule has 0 saturated heterocycles. The van der Waals surface area contributed by atoms with Crippen LogP contribution in [0, 0.1) is 0 Å². The first-order valence-corrected chi connectivity index (χ1v) is 4.07. The lowest BCUT2D eigenvalue weighted by atomic mass is 10.4. The fourth-order valence-corrected chi connectivity index (χ4v) is 0.807. The molecule has 7 heteroatoms. The summed E-state index contributed by atoms with van der Waals surface area (Å²) in [7, 11) is 0. The van der Waals surface area contributed by atoms with Crippen molar-refractivity contribution < 1.29 is 14.2 Å². The molecule has 14 heavy (non-hydrogen) atoms. The van der Waals surface area contributed by atoms with Gasteiger partial charge in [0.05, 0.1) is 0 Å². The zero-order valence-electron chi connectivity index (χ0n) is 7.40. The Morgan fingerprint density at radius 3 is 3.07 bits per heavy atom. The second-order valence-corrected chi connectivity index (χ2v) is 2.47. The van der Waals surface area contributed by atoms with Crippen molar-refractivity contribution >= 4 is 12.3 Å². The molecule has 0 aliphatic heterocycles. The van der Waals surface area contributed by atoms with Crippen molar-refractivity contribution in [3.63, 3.8) is 0 Å². The van der Waals surface area contributed by atoms with Crippen molar-refractivity contribution in [3.05, 3.63) is 11.9 Å². The van der Waals surface area contributed by atoms with Crippen LogP contribution in [0.1, 0.15) is 16.9 Å². The number of nitrogens with one attached hydrogen (secondary N) is 2.